The van der Waals surface area contributed by atoms with E-state index in [0.717, 1.165) is 9.80 Å². The molecule has 25 heteroatoms. The molecule has 89 heavy (non-hydrogen) atoms. The molecule has 0 aliphatic rings. The van der Waals surface area contributed by atoms with Gasteiger partial charge in [0.2, 0.25) is 53.2 Å². The standard InChI is InChI=1S/C64H116N10O15/c1-26-28-29-40(14)52(76)51(57(81)69-48(43(17)75)62(86)87)73(24)61(85)49(38(11)12)72(23)60(84)45(31-35(5)6)67-55(79)47(33-37(9)10)70(21)58(82)42(16)66-53(77)41(15)65-54(78)46(32-36(7)8)71(22)59(83)44(30-34(3)4)68-56(80)50(39(13)27-2)74(25)63(88)89-64(18,19)20/h26,28,34-52,75-76H,27,29-33H2,1-25H3,(H,65,78)(H,66,77)(H,67,79)(H,68,80)(H,69,81)(H,86,87)/b28-26+/t39?,40-,41+,42-,43-,44+,45+,46+,47+,48+,49+,50+,51+,52-/m1/s1. The number of hydrogen-bond donors (Lipinski definition) is 8. The van der Waals surface area contributed by atoms with Gasteiger partial charge in [0.15, 0.2) is 6.04 Å². The van der Waals surface area contributed by atoms with Crippen molar-refractivity contribution in [1.29, 1.82) is 0 Å². The van der Waals surface area contributed by atoms with Crippen LogP contribution in [0.2, 0.25) is 0 Å². The summed E-state index contributed by atoms with van der Waals surface area (Å²) in [5, 5.41) is 44.9. The molecule has 14 atom stereocenters. The normalized spacial score (nSPS) is 16.7. The molecular weight excluding hydrogens is 1150 g/mol. The van der Waals surface area contributed by atoms with Crippen molar-refractivity contribution in [3.63, 3.8) is 0 Å². The molecule has 0 radical (unpaired) electrons. The van der Waals surface area contributed by atoms with Gasteiger partial charge in [0.25, 0.3) is 0 Å². The molecule has 0 bridgehead atoms. The molecule has 10 amide bonds. The lowest BCUT2D eigenvalue weighted by Gasteiger charge is -2.40. The van der Waals surface area contributed by atoms with Crippen molar-refractivity contribution in [2.24, 2.45) is 41.4 Å². The Bertz CT molecular complexity index is 2390. The highest BCUT2D eigenvalue weighted by Gasteiger charge is 2.45. The summed E-state index contributed by atoms with van der Waals surface area (Å²) >= 11 is 0. The van der Waals surface area contributed by atoms with Gasteiger partial charge in [0, 0.05) is 35.2 Å². The second-order valence-electron chi connectivity index (χ2n) is 27.3. The molecule has 0 saturated carbocycles. The maximum Gasteiger partial charge on any atom is 0.410 e. The van der Waals surface area contributed by atoms with Crippen LogP contribution in [0, 0.1) is 41.4 Å². The fourth-order valence-electron chi connectivity index (χ4n) is 10.4. The summed E-state index contributed by atoms with van der Waals surface area (Å²) in [5.41, 5.74) is -0.832. The monoisotopic (exact) mass is 1260 g/mol. The summed E-state index contributed by atoms with van der Waals surface area (Å²) in [4.78, 5) is 160. The number of carbonyl (C=O) groups is 11. The van der Waals surface area contributed by atoms with Gasteiger partial charge in [-0.05, 0) is 122 Å². The van der Waals surface area contributed by atoms with E-state index in [2.05, 4.69) is 26.6 Å². The summed E-state index contributed by atoms with van der Waals surface area (Å²) < 4.78 is 5.57. The van der Waals surface area contributed by atoms with Crippen LogP contribution in [0.3, 0.4) is 0 Å². The van der Waals surface area contributed by atoms with E-state index in [0.29, 0.717) is 6.42 Å². The van der Waals surface area contributed by atoms with Crippen LogP contribution in [0.5, 0.6) is 0 Å². The topological polar surface area (TPSA) is 334 Å². The number of allylic oxidation sites excluding steroid dienone is 2. The van der Waals surface area contributed by atoms with Gasteiger partial charge in [0.1, 0.15) is 60.0 Å². The molecule has 0 saturated heterocycles. The molecule has 0 aromatic carbocycles. The highest BCUT2D eigenvalue weighted by atomic mass is 16.6. The van der Waals surface area contributed by atoms with E-state index in [1.165, 1.54) is 70.7 Å². The van der Waals surface area contributed by atoms with E-state index in [4.69, 9.17) is 4.74 Å². The molecule has 0 aromatic rings. The quantitative estimate of drug-likeness (QED) is 0.0405. The largest absolute Gasteiger partial charge is 0.480 e. The van der Waals surface area contributed by atoms with Crippen molar-refractivity contribution in [3.8, 4) is 0 Å². The van der Waals surface area contributed by atoms with E-state index >= 15 is 0 Å². The Labute approximate surface area is 531 Å². The number of rotatable bonds is 36. The number of nitrogens with one attached hydrogen (secondary N) is 5. The molecule has 1 unspecified atom stereocenters. The van der Waals surface area contributed by atoms with Crippen molar-refractivity contribution in [2.75, 3.05) is 35.2 Å². The first-order valence-electron chi connectivity index (χ1n) is 31.6. The number of aliphatic carboxylic acids is 1. The summed E-state index contributed by atoms with van der Waals surface area (Å²) in [6.07, 6.45) is 1.07. The number of carboxylic acids is 1. The molecule has 0 aliphatic heterocycles. The molecular formula is C64H116N10O15. The average molecular weight is 1270 g/mol. The van der Waals surface area contributed by atoms with Crippen molar-refractivity contribution in [3.05, 3.63) is 12.2 Å². The minimum Gasteiger partial charge on any atom is -0.480 e. The lowest BCUT2D eigenvalue weighted by molar-refractivity contribution is -0.155. The first-order chi connectivity index (χ1) is 40.8. The van der Waals surface area contributed by atoms with Gasteiger partial charge in [-0.1, -0.05) is 109 Å². The van der Waals surface area contributed by atoms with Gasteiger partial charge in [0.05, 0.1) is 12.2 Å². The van der Waals surface area contributed by atoms with Gasteiger partial charge in [-0.3, -0.25) is 48.1 Å². The summed E-state index contributed by atoms with van der Waals surface area (Å²) in [7, 11) is 6.94. The Morgan fingerprint density at radius 1 is 0.472 bits per heavy atom. The van der Waals surface area contributed by atoms with Gasteiger partial charge in [-0.2, -0.15) is 0 Å². The van der Waals surface area contributed by atoms with Gasteiger partial charge < -0.3 is 66.2 Å². The van der Waals surface area contributed by atoms with E-state index in [9.17, 15) is 68.1 Å². The van der Waals surface area contributed by atoms with E-state index in [1.807, 2.05) is 69.2 Å². The van der Waals surface area contributed by atoms with Crippen LogP contribution in [0.25, 0.3) is 0 Å². The number of ether oxygens (including phenoxy) is 1. The average Bonchev–Trinajstić information content (AvgIpc) is 2.54. The fraction of sp³-hybridized carbons (Fsp3) is 0.797. The molecule has 0 aliphatic carbocycles. The maximum absolute atomic E-state index is 14.8. The minimum absolute atomic E-state index is 0.0824. The SMILES string of the molecule is C/C=C/C[C@@H](C)[C@@H](O)[C@@H](C(=O)N[C@H](C(=O)O)[C@@H](C)O)N(C)C(=O)[C@H](C(C)C)N(C)C(=O)[C@H](CC(C)C)NC(=O)[C@H](CC(C)C)N(C)C(=O)[C@@H](C)NC(=O)[C@H](C)NC(=O)[C@H](CC(C)C)N(C)C(=O)[C@H](CC(C)C)NC(=O)[C@H](C(C)CC)N(C)C(=O)OC(C)(C)C. The van der Waals surface area contributed by atoms with Gasteiger partial charge >= 0.3 is 12.1 Å². The summed E-state index contributed by atoms with van der Waals surface area (Å²) in [6, 6.07) is -12.9. The van der Waals surface area contributed by atoms with Crippen molar-refractivity contribution >= 4 is 65.2 Å². The molecule has 0 fully saturated rings. The number of nitrogens with zero attached hydrogens (tertiary/aromatic N) is 5. The second-order valence-corrected chi connectivity index (χ2v) is 27.3. The van der Waals surface area contributed by atoms with Crippen LogP contribution in [-0.2, 0) is 52.7 Å². The predicted molar refractivity (Wildman–Crippen MR) is 341 cm³/mol. The lowest BCUT2D eigenvalue weighted by atomic mass is 9.91. The maximum atomic E-state index is 14.8. The third kappa shape index (κ3) is 26.2. The zero-order chi connectivity index (χ0) is 69.6. The number of aliphatic hydroxyl groups excluding tert-OH is 2. The Morgan fingerprint density at radius 2 is 0.876 bits per heavy atom. The highest BCUT2D eigenvalue weighted by Crippen LogP contribution is 2.25. The highest BCUT2D eigenvalue weighted by molar-refractivity contribution is 5.98. The summed E-state index contributed by atoms with van der Waals surface area (Å²) in [6.45, 7) is 34.4. The zero-order valence-electron chi connectivity index (χ0n) is 58.3. The molecule has 0 aromatic heterocycles. The van der Waals surface area contributed by atoms with Crippen LogP contribution in [0.4, 0.5) is 4.79 Å². The Hall–Kier alpha value is -6.37. The zero-order valence-corrected chi connectivity index (χ0v) is 58.3. The van der Waals surface area contributed by atoms with Crippen LogP contribution < -0.4 is 26.6 Å². The molecule has 0 heterocycles. The van der Waals surface area contributed by atoms with Crippen molar-refractivity contribution in [1.82, 2.24) is 51.1 Å². The number of carbonyl (C=O) groups excluding carboxylic acids is 10. The van der Waals surface area contributed by atoms with Gasteiger partial charge in [-0.25, -0.2) is 9.59 Å². The molecule has 0 spiro atoms. The van der Waals surface area contributed by atoms with Crippen molar-refractivity contribution in [2.45, 2.75) is 255 Å². The molecule has 8 N–H and O–H groups in total. The fourth-order valence-corrected chi connectivity index (χ4v) is 10.4. The van der Waals surface area contributed by atoms with Crippen molar-refractivity contribution < 1.29 is 72.8 Å². The number of aliphatic hydroxyl groups is 2. The Balaban J connectivity index is 6.87. The van der Waals surface area contributed by atoms with Crippen LogP contribution >= 0.6 is 0 Å². The number of hydrogen-bond acceptors (Lipinski definition) is 14. The van der Waals surface area contributed by atoms with E-state index in [-0.39, 0.29) is 61.7 Å². The third-order valence-electron chi connectivity index (χ3n) is 15.7. The van der Waals surface area contributed by atoms with Crippen LogP contribution in [0.1, 0.15) is 177 Å². The predicted octanol–water partition coefficient (Wildman–Crippen LogP) is 4.31. The van der Waals surface area contributed by atoms with Crippen LogP contribution in [0.15, 0.2) is 12.2 Å². The van der Waals surface area contributed by atoms with Crippen LogP contribution in [-0.4, -0.2) is 219 Å². The molecule has 25 nitrogen and oxygen atoms in total. The lowest BCUT2D eigenvalue weighted by Crippen LogP contribution is -2.63. The Morgan fingerprint density at radius 3 is 1.28 bits per heavy atom. The third-order valence-corrected chi connectivity index (χ3v) is 15.7. The first-order valence-corrected chi connectivity index (χ1v) is 31.6. The number of carboxylic acid groups (broad SMARTS) is 1. The van der Waals surface area contributed by atoms with E-state index in [1.54, 1.807) is 60.6 Å². The van der Waals surface area contributed by atoms with Gasteiger partial charge in [-0.15, -0.1) is 0 Å². The summed E-state index contributed by atoms with van der Waals surface area (Å²) in [5.74, 6) is -10.2. The molecule has 512 valence electrons. The number of likely N-dealkylation sites (N-methyl/N-ethyl adjacent to an activating group) is 5. The minimum atomic E-state index is -1.78. The first kappa shape index (κ1) is 82.6. The van der Waals surface area contributed by atoms with E-state index < -0.39 is 155 Å². The smallest absolute Gasteiger partial charge is 0.410 e. The second kappa shape index (κ2) is 37.7. The molecule has 0 rings (SSSR count). The number of amides is 10. The Kier molecular flexibility index (Phi) is 35.0.